The zero-order chi connectivity index (χ0) is 19.9. The fourth-order valence-electron chi connectivity index (χ4n) is 3.27. The molecule has 1 aromatic heterocycles. The van der Waals surface area contributed by atoms with Crippen molar-refractivity contribution in [3.05, 3.63) is 48.0 Å². The molecule has 3 aromatic rings. The molecule has 2 aromatic carbocycles. The fraction of sp³-hybridized carbons (Fsp3) is 0.318. The maximum Gasteiger partial charge on any atom is 0.120 e. The lowest BCUT2D eigenvalue weighted by Crippen LogP contribution is -2.07. The summed E-state index contributed by atoms with van der Waals surface area (Å²) in [5, 5.41) is 14.0. The molecule has 0 radical (unpaired) electrons. The molecule has 0 fully saturated rings. The van der Waals surface area contributed by atoms with Gasteiger partial charge >= 0.3 is 0 Å². The van der Waals surface area contributed by atoms with E-state index in [-0.39, 0.29) is 0 Å². The monoisotopic (exact) mass is 379 g/mol. The number of rotatable bonds is 9. The number of nitriles is 1. The first kappa shape index (κ1) is 19.7. The van der Waals surface area contributed by atoms with Gasteiger partial charge in [0.25, 0.3) is 0 Å². The maximum atomic E-state index is 9.89. The number of benzene rings is 2. The number of aromatic nitrogens is 1. The van der Waals surface area contributed by atoms with E-state index in [2.05, 4.69) is 16.0 Å². The van der Waals surface area contributed by atoms with E-state index in [9.17, 15) is 5.26 Å². The second kappa shape index (κ2) is 9.27. The second-order valence-electron chi connectivity index (χ2n) is 6.25. The van der Waals surface area contributed by atoms with Crippen LogP contribution in [0.4, 0.5) is 5.69 Å². The zero-order valence-electron chi connectivity index (χ0n) is 16.5. The number of anilines is 1. The van der Waals surface area contributed by atoms with Crippen LogP contribution in [-0.2, 0) is 16.0 Å². The molecule has 0 saturated heterocycles. The summed E-state index contributed by atoms with van der Waals surface area (Å²) in [4.78, 5) is 0. The lowest BCUT2D eigenvalue weighted by molar-refractivity contribution is 0.167. The van der Waals surface area contributed by atoms with Crippen molar-refractivity contribution >= 4 is 16.6 Å². The summed E-state index contributed by atoms with van der Waals surface area (Å²) < 4.78 is 18.1. The van der Waals surface area contributed by atoms with E-state index < -0.39 is 0 Å². The van der Waals surface area contributed by atoms with Crippen molar-refractivity contribution in [2.24, 2.45) is 0 Å². The first-order valence-corrected chi connectivity index (χ1v) is 9.24. The van der Waals surface area contributed by atoms with Gasteiger partial charge in [-0.15, -0.1) is 0 Å². The van der Waals surface area contributed by atoms with Crippen molar-refractivity contribution in [2.75, 3.05) is 39.5 Å². The molecular formula is C22H25N3O3. The van der Waals surface area contributed by atoms with Gasteiger partial charge in [-0.2, -0.15) is 5.26 Å². The van der Waals surface area contributed by atoms with Gasteiger partial charge in [0.2, 0.25) is 0 Å². The van der Waals surface area contributed by atoms with Crippen LogP contribution in [0.1, 0.15) is 12.5 Å². The van der Waals surface area contributed by atoms with Crippen LogP contribution in [0.15, 0.2) is 42.5 Å². The standard InChI is InChI=1S/C22H25N3O3/c1-4-28-15-24-17-7-5-16(6-8-17)22-20(14-23)19-10-9-18(27-3)13-21(19)25(22)11-12-26-2/h5-10,13,24H,4,11-12,15H2,1-3H3. The Hall–Kier alpha value is -3.01. The van der Waals surface area contributed by atoms with Gasteiger partial charge in [0.05, 0.1) is 30.5 Å². The van der Waals surface area contributed by atoms with Crippen LogP contribution in [0.2, 0.25) is 0 Å². The number of hydrogen-bond acceptors (Lipinski definition) is 5. The van der Waals surface area contributed by atoms with Crippen LogP contribution in [0.3, 0.4) is 0 Å². The minimum absolute atomic E-state index is 0.465. The van der Waals surface area contributed by atoms with Crippen LogP contribution in [0, 0.1) is 11.3 Å². The van der Waals surface area contributed by atoms with Crippen molar-refractivity contribution in [1.29, 1.82) is 5.26 Å². The Bertz CT molecular complexity index is 971. The summed E-state index contributed by atoms with van der Waals surface area (Å²) >= 11 is 0. The van der Waals surface area contributed by atoms with Gasteiger partial charge in [-0.25, -0.2) is 0 Å². The highest BCUT2D eigenvalue weighted by molar-refractivity contribution is 5.95. The molecule has 3 rings (SSSR count). The summed E-state index contributed by atoms with van der Waals surface area (Å²) in [6.07, 6.45) is 0. The van der Waals surface area contributed by atoms with Gasteiger partial charge in [0.15, 0.2) is 0 Å². The van der Waals surface area contributed by atoms with E-state index >= 15 is 0 Å². The van der Waals surface area contributed by atoms with Crippen molar-refractivity contribution < 1.29 is 14.2 Å². The predicted molar refractivity (Wildman–Crippen MR) is 111 cm³/mol. The molecule has 146 valence electrons. The number of methoxy groups -OCH3 is 2. The van der Waals surface area contributed by atoms with Crippen LogP contribution < -0.4 is 10.1 Å². The Balaban J connectivity index is 2.09. The summed E-state index contributed by atoms with van der Waals surface area (Å²) in [6.45, 7) is 4.28. The zero-order valence-corrected chi connectivity index (χ0v) is 16.5. The molecule has 0 atom stereocenters. The SMILES string of the molecule is CCOCNc1ccc(-c2c(C#N)c3ccc(OC)cc3n2CCOC)cc1. The fourth-order valence-corrected chi connectivity index (χ4v) is 3.27. The third kappa shape index (κ3) is 3.96. The van der Waals surface area contributed by atoms with Crippen molar-refractivity contribution in [3.8, 4) is 23.1 Å². The minimum atomic E-state index is 0.465. The summed E-state index contributed by atoms with van der Waals surface area (Å²) in [5.41, 5.74) is 4.45. The average molecular weight is 379 g/mol. The molecule has 0 unspecified atom stereocenters. The summed E-state index contributed by atoms with van der Waals surface area (Å²) in [6, 6.07) is 16.2. The smallest absolute Gasteiger partial charge is 0.120 e. The molecule has 0 bridgehead atoms. The van der Waals surface area contributed by atoms with Gasteiger partial charge in [0.1, 0.15) is 18.5 Å². The average Bonchev–Trinajstić information content (AvgIpc) is 3.05. The normalized spacial score (nSPS) is 10.8. The molecule has 1 N–H and O–H groups in total. The van der Waals surface area contributed by atoms with E-state index in [1.807, 2.05) is 49.4 Å². The van der Waals surface area contributed by atoms with E-state index in [1.54, 1.807) is 14.2 Å². The van der Waals surface area contributed by atoms with Crippen LogP contribution in [-0.4, -0.2) is 38.7 Å². The Morgan fingerprint density at radius 3 is 2.54 bits per heavy atom. The third-order valence-corrected chi connectivity index (χ3v) is 4.64. The molecule has 0 aliphatic carbocycles. The largest absolute Gasteiger partial charge is 0.497 e. The number of nitrogens with one attached hydrogen (secondary N) is 1. The highest BCUT2D eigenvalue weighted by Gasteiger charge is 2.19. The minimum Gasteiger partial charge on any atom is -0.497 e. The molecule has 0 aliphatic heterocycles. The Morgan fingerprint density at radius 2 is 1.89 bits per heavy atom. The molecule has 28 heavy (non-hydrogen) atoms. The molecule has 6 heteroatoms. The lowest BCUT2D eigenvalue weighted by atomic mass is 10.1. The Kier molecular flexibility index (Phi) is 6.53. The number of ether oxygens (including phenoxy) is 3. The predicted octanol–water partition coefficient (Wildman–Crippen LogP) is 4.24. The van der Waals surface area contributed by atoms with Crippen LogP contribution in [0.5, 0.6) is 5.75 Å². The first-order valence-electron chi connectivity index (χ1n) is 9.24. The van der Waals surface area contributed by atoms with Crippen LogP contribution in [0.25, 0.3) is 22.2 Å². The van der Waals surface area contributed by atoms with E-state index in [0.29, 0.717) is 32.1 Å². The number of nitrogens with zero attached hydrogens (tertiary/aromatic N) is 2. The molecule has 6 nitrogen and oxygen atoms in total. The van der Waals surface area contributed by atoms with Crippen molar-refractivity contribution in [1.82, 2.24) is 4.57 Å². The maximum absolute atomic E-state index is 9.89. The summed E-state index contributed by atoms with van der Waals surface area (Å²) in [5.74, 6) is 0.759. The second-order valence-corrected chi connectivity index (χ2v) is 6.25. The van der Waals surface area contributed by atoms with Crippen LogP contribution >= 0.6 is 0 Å². The van der Waals surface area contributed by atoms with Crippen molar-refractivity contribution in [2.45, 2.75) is 13.5 Å². The summed E-state index contributed by atoms with van der Waals surface area (Å²) in [7, 11) is 3.32. The van der Waals surface area contributed by atoms with Gasteiger partial charge < -0.3 is 24.1 Å². The Labute approximate surface area is 165 Å². The molecule has 0 aliphatic rings. The molecule has 1 heterocycles. The number of fused-ring (bicyclic) bond motifs is 1. The first-order chi connectivity index (χ1) is 13.7. The molecule has 0 saturated carbocycles. The van der Waals surface area contributed by atoms with Gasteiger partial charge in [-0.3, -0.25) is 0 Å². The molecule has 0 amide bonds. The van der Waals surface area contributed by atoms with Gasteiger partial charge in [-0.1, -0.05) is 12.1 Å². The van der Waals surface area contributed by atoms with Gasteiger partial charge in [0, 0.05) is 37.4 Å². The van der Waals surface area contributed by atoms with E-state index in [0.717, 1.165) is 33.6 Å². The van der Waals surface area contributed by atoms with Crippen molar-refractivity contribution in [3.63, 3.8) is 0 Å². The third-order valence-electron chi connectivity index (χ3n) is 4.64. The molecule has 0 spiro atoms. The van der Waals surface area contributed by atoms with Gasteiger partial charge in [-0.05, 0) is 36.8 Å². The van der Waals surface area contributed by atoms with E-state index in [4.69, 9.17) is 14.2 Å². The Morgan fingerprint density at radius 1 is 1.11 bits per heavy atom. The molecular weight excluding hydrogens is 354 g/mol. The number of hydrogen-bond donors (Lipinski definition) is 1. The highest BCUT2D eigenvalue weighted by atomic mass is 16.5. The highest BCUT2D eigenvalue weighted by Crippen LogP contribution is 2.35. The lowest BCUT2D eigenvalue weighted by Gasteiger charge is -2.12. The quantitative estimate of drug-likeness (QED) is 0.445. The van der Waals surface area contributed by atoms with E-state index in [1.165, 1.54) is 0 Å². The topological polar surface area (TPSA) is 68.4 Å².